The van der Waals surface area contributed by atoms with Crippen molar-refractivity contribution in [3.8, 4) is 0 Å². The van der Waals surface area contributed by atoms with Crippen LogP contribution in [0.15, 0.2) is 0 Å². The summed E-state index contributed by atoms with van der Waals surface area (Å²) in [5, 5.41) is 3.26. The van der Waals surface area contributed by atoms with E-state index in [1.807, 2.05) is 0 Å². The molecule has 1 saturated heterocycles. The molecule has 0 amide bonds. The summed E-state index contributed by atoms with van der Waals surface area (Å²) in [6.07, 6.45) is 9.67. The zero-order chi connectivity index (χ0) is 13.2. The molecule has 2 atom stereocenters. The van der Waals surface area contributed by atoms with Gasteiger partial charge >= 0.3 is 5.97 Å². The highest BCUT2D eigenvalue weighted by Gasteiger charge is 2.28. The van der Waals surface area contributed by atoms with E-state index in [-0.39, 0.29) is 12.0 Å². The van der Waals surface area contributed by atoms with E-state index in [2.05, 4.69) is 19.2 Å². The van der Waals surface area contributed by atoms with Gasteiger partial charge in [-0.25, -0.2) is 0 Å². The molecule has 2 unspecified atom stereocenters. The fourth-order valence-corrected chi connectivity index (χ4v) is 2.51. The molecule has 1 N–H and O–H groups in total. The van der Waals surface area contributed by atoms with Crippen molar-refractivity contribution in [1.82, 2.24) is 5.32 Å². The largest absolute Gasteiger partial charge is 0.465 e. The number of nitrogens with one attached hydrogen (secondary N) is 1. The topological polar surface area (TPSA) is 38.3 Å². The Morgan fingerprint density at radius 2 is 1.94 bits per heavy atom. The van der Waals surface area contributed by atoms with Gasteiger partial charge < -0.3 is 10.1 Å². The van der Waals surface area contributed by atoms with Crippen LogP contribution in [-0.4, -0.2) is 25.2 Å². The predicted molar refractivity (Wildman–Crippen MR) is 74.5 cm³/mol. The lowest BCUT2D eigenvalue weighted by Crippen LogP contribution is -2.46. The first-order chi connectivity index (χ1) is 8.75. The normalized spacial score (nSPS) is 23.9. The van der Waals surface area contributed by atoms with Crippen LogP contribution in [-0.2, 0) is 9.53 Å². The molecule has 0 aromatic carbocycles. The van der Waals surface area contributed by atoms with Crippen LogP contribution in [0.25, 0.3) is 0 Å². The smallest absolute Gasteiger partial charge is 0.323 e. The van der Waals surface area contributed by atoms with Crippen LogP contribution in [0, 0.1) is 5.92 Å². The first kappa shape index (κ1) is 15.5. The Balaban J connectivity index is 2.02. The highest BCUT2D eigenvalue weighted by molar-refractivity contribution is 5.76. The van der Waals surface area contributed by atoms with Crippen molar-refractivity contribution in [2.45, 2.75) is 71.3 Å². The van der Waals surface area contributed by atoms with E-state index in [4.69, 9.17) is 4.74 Å². The molecule has 106 valence electrons. The predicted octanol–water partition coefficient (Wildman–Crippen LogP) is 3.28. The lowest BCUT2D eigenvalue weighted by Gasteiger charge is -2.28. The summed E-state index contributed by atoms with van der Waals surface area (Å²) in [7, 11) is 0. The number of unbranched alkanes of at least 4 members (excludes halogenated alkanes) is 5. The number of ether oxygens (including phenoxy) is 1. The SMILES string of the molecule is CCCCCCCCOC(=O)C1NCCCC1C. The number of carbonyl (C=O) groups is 1. The number of hydrogen-bond acceptors (Lipinski definition) is 3. The molecule has 0 aromatic heterocycles. The van der Waals surface area contributed by atoms with E-state index >= 15 is 0 Å². The Hall–Kier alpha value is -0.570. The number of hydrogen-bond donors (Lipinski definition) is 1. The van der Waals surface area contributed by atoms with Crippen molar-refractivity contribution < 1.29 is 9.53 Å². The molecule has 3 heteroatoms. The minimum Gasteiger partial charge on any atom is -0.465 e. The summed E-state index contributed by atoms with van der Waals surface area (Å²) in [5.74, 6) is 0.367. The molecule has 0 aliphatic carbocycles. The first-order valence-electron chi connectivity index (χ1n) is 7.65. The van der Waals surface area contributed by atoms with Crippen molar-refractivity contribution in [2.24, 2.45) is 5.92 Å². The van der Waals surface area contributed by atoms with Crippen molar-refractivity contribution in [2.75, 3.05) is 13.2 Å². The van der Waals surface area contributed by atoms with Gasteiger partial charge in [-0.1, -0.05) is 46.0 Å². The summed E-state index contributed by atoms with van der Waals surface area (Å²) in [6.45, 7) is 5.89. The Morgan fingerprint density at radius 3 is 2.67 bits per heavy atom. The molecule has 0 bridgehead atoms. The van der Waals surface area contributed by atoms with Crippen molar-refractivity contribution in [1.29, 1.82) is 0 Å². The van der Waals surface area contributed by atoms with Crippen molar-refractivity contribution >= 4 is 5.97 Å². The van der Waals surface area contributed by atoms with Crippen LogP contribution >= 0.6 is 0 Å². The highest BCUT2D eigenvalue weighted by atomic mass is 16.5. The molecule has 0 saturated carbocycles. The third kappa shape index (κ3) is 5.85. The van der Waals surface area contributed by atoms with E-state index in [1.165, 1.54) is 38.5 Å². The van der Waals surface area contributed by atoms with Crippen LogP contribution in [0.3, 0.4) is 0 Å². The maximum absolute atomic E-state index is 11.9. The van der Waals surface area contributed by atoms with Crippen molar-refractivity contribution in [3.05, 3.63) is 0 Å². The van der Waals surface area contributed by atoms with Crippen LogP contribution in [0.1, 0.15) is 65.2 Å². The lowest BCUT2D eigenvalue weighted by molar-refractivity contribution is -0.148. The second kappa shape index (κ2) is 9.37. The number of esters is 1. The summed E-state index contributed by atoms with van der Waals surface area (Å²) < 4.78 is 5.36. The average Bonchev–Trinajstić information content (AvgIpc) is 2.38. The fourth-order valence-electron chi connectivity index (χ4n) is 2.51. The number of carbonyl (C=O) groups excluding carboxylic acids is 1. The minimum absolute atomic E-state index is 0.0456. The molecule has 3 nitrogen and oxygen atoms in total. The summed E-state index contributed by atoms with van der Waals surface area (Å²) >= 11 is 0. The molecule has 18 heavy (non-hydrogen) atoms. The van der Waals surface area contributed by atoms with E-state index in [0.717, 1.165) is 19.4 Å². The fraction of sp³-hybridized carbons (Fsp3) is 0.933. The van der Waals surface area contributed by atoms with E-state index in [0.29, 0.717) is 12.5 Å². The monoisotopic (exact) mass is 255 g/mol. The third-order valence-electron chi connectivity index (χ3n) is 3.77. The van der Waals surface area contributed by atoms with Crippen LogP contribution in [0.5, 0.6) is 0 Å². The Labute approximate surface area is 112 Å². The summed E-state index contributed by atoms with van der Waals surface area (Å²) in [6, 6.07) is -0.0705. The molecule has 1 rings (SSSR count). The van der Waals surface area contributed by atoms with Gasteiger partial charge in [0.1, 0.15) is 6.04 Å². The Bertz CT molecular complexity index is 231. The van der Waals surface area contributed by atoms with Gasteiger partial charge in [-0.05, 0) is 31.7 Å². The quantitative estimate of drug-likeness (QED) is 0.534. The molecule has 0 radical (unpaired) electrons. The van der Waals surface area contributed by atoms with Gasteiger partial charge in [0, 0.05) is 0 Å². The van der Waals surface area contributed by atoms with Crippen LogP contribution in [0.2, 0.25) is 0 Å². The van der Waals surface area contributed by atoms with Gasteiger partial charge in [0.05, 0.1) is 6.61 Å². The first-order valence-corrected chi connectivity index (χ1v) is 7.65. The molecule has 1 aliphatic rings. The van der Waals surface area contributed by atoms with E-state index < -0.39 is 0 Å². The molecular weight excluding hydrogens is 226 g/mol. The standard InChI is InChI=1S/C15H29NO2/c1-3-4-5-6-7-8-12-18-15(17)14-13(2)10-9-11-16-14/h13-14,16H,3-12H2,1-2H3. The minimum atomic E-state index is -0.0705. The lowest BCUT2D eigenvalue weighted by atomic mass is 9.93. The van der Waals surface area contributed by atoms with E-state index in [9.17, 15) is 4.79 Å². The van der Waals surface area contributed by atoms with Crippen LogP contribution < -0.4 is 5.32 Å². The zero-order valence-corrected chi connectivity index (χ0v) is 12.0. The Morgan fingerprint density at radius 1 is 1.22 bits per heavy atom. The van der Waals surface area contributed by atoms with Gasteiger partial charge in [0.25, 0.3) is 0 Å². The molecule has 1 aliphatic heterocycles. The van der Waals surface area contributed by atoms with Gasteiger partial charge in [0.2, 0.25) is 0 Å². The maximum Gasteiger partial charge on any atom is 0.323 e. The van der Waals surface area contributed by atoms with Gasteiger partial charge in [-0.15, -0.1) is 0 Å². The average molecular weight is 255 g/mol. The highest BCUT2D eigenvalue weighted by Crippen LogP contribution is 2.16. The van der Waals surface area contributed by atoms with Gasteiger partial charge in [-0.2, -0.15) is 0 Å². The molecule has 0 aromatic rings. The Kier molecular flexibility index (Phi) is 8.06. The number of piperidine rings is 1. The van der Waals surface area contributed by atoms with E-state index in [1.54, 1.807) is 0 Å². The van der Waals surface area contributed by atoms with Crippen molar-refractivity contribution in [3.63, 3.8) is 0 Å². The molecule has 1 fully saturated rings. The molecule has 1 heterocycles. The third-order valence-corrected chi connectivity index (χ3v) is 3.77. The molecule has 0 spiro atoms. The second-order valence-electron chi connectivity index (χ2n) is 5.49. The zero-order valence-electron chi connectivity index (χ0n) is 12.0. The summed E-state index contributed by atoms with van der Waals surface area (Å²) in [4.78, 5) is 11.9. The van der Waals surface area contributed by atoms with Gasteiger partial charge in [-0.3, -0.25) is 4.79 Å². The second-order valence-corrected chi connectivity index (χ2v) is 5.49. The maximum atomic E-state index is 11.9. The van der Waals surface area contributed by atoms with Gasteiger partial charge in [0.15, 0.2) is 0 Å². The summed E-state index contributed by atoms with van der Waals surface area (Å²) in [5.41, 5.74) is 0. The van der Waals surface area contributed by atoms with Crippen LogP contribution in [0.4, 0.5) is 0 Å². The number of rotatable bonds is 8. The molecular formula is C15H29NO2.